The lowest BCUT2D eigenvalue weighted by Gasteiger charge is -2.01. The molecule has 0 aromatic rings. The molecule has 0 amide bonds. The number of hydrogen-bond acceptors (Lipinski definition) is 2. The van der Waals surface area contributed by atoms with E-state index in [1.54, 1.807) is 0 Å². The predicted octanol–water partition coefficient (Wildman–Crippen LogP) is 2.04. The van der Waals surface area contributed by atoms with Crippen molar-refractivity contribution in [3.63, 3.8) is 0 Å². The molecule has 2 nitrogen and oxygen atoms in total. The van der Waals surface area contributed by atoms with E-state index in [1.165, 1.54) is 0 Å². The number of allylic oxidation sites excluding steroid dienone is 2. The zero-order valence-electron chi connectivity index (χ0n) is 7.21. The second-order valence-corrected chi connectivity index (χ2v) is 3.15. The molecule has 0 N–H and O–H groups in total. The van der Waals surface area contributed by atoms with Crippen molar-refractivity contribution in [1.29, 1.82) is 0 Å². The molecular formula is C10H14O2. The van der Waals surface area contributed by atoms with Crippen molar-refractivity contribution in [3.8, 4) is 0 Å². The monoisotopic (exact) mass is 166 g/mol. The Labute approximate surface area is 72.7 Å². The van der Waals surface area contributed by atoms with Crippen LogP contribution in [-0.4, -0.2) is 11.6 Å². The zero-order valence-corrected chi connectivity index (χ0v) is 7.21. The molecule has 0 spiro atoms. The van der Waals surface area contributed by atoms with Crippen molar-refractivity contribution < 1.29 is 9.59 Å². The SMILES string of the molecule is O=C1C/C=C\CCCC(=O)CC1. The summed E-state index contributed by atoms with van der Waals surface area (Å²) < 4.78 is 0. The summed E-state index contributed by atoms with van der Waals surface area (Å²) >= 11 is 0. The standard InChI is InChI=1S/C10H14O2/c11-9-5-3-1-2-4-6-10(12)8-7-9/h1,3H,2,4-8H2/b3-1-. The van der Waals surface area contributed by atoms with E-state index in [9.17, 15) is 9.59 Å². The maximum absolute atomic E-state index is 11.1. The first-order chi connectivity index (χ1) is 5.79. The van der Waals surface area contributed by atoms with Crippen LogP contribution in [0.1, 0.15) is 38.5 Å². The molecule has 0 aromatic carbocycles. The lowest BCUT2D eigenvalue weighted by Crippen LogP contribution is -2.04. The number of carbonyl (C=O) groups is 2. The van der Waals surface area contributed by atoms with Crippen LogP contribution < -0.4 is 0 Å². The minimum atomic E-state index is 0.182. The third-order valence-corrected chi connectivity index (χ3v) is 2.02. The molecule has 12 heavy (non-hydrogen) atoms. The van der Waals surface area contributed by atoms with Gasteiger partial charge in [-0.1, -0.05) is 12.2 Å². The highest BCUT2D eigenvalue weighted by molar-refractivity contribution is 5.86. The lowest BCUT2D eigenvalue weighted by atomic mass is 10.0. The largest absolute Gasteiger partial charge is 0.300 e. The van der Waals surface area contributed by atoms with Crippen molar-refractivity contribution in [2.24, 2.45) is 0 Å². The topological polar surface area (TPSA) is 34.1 Å². The maximum Gasteiger partial charge on any atom is 0.137 e. The van der Waals surface area contributed by atoms with Crippen LogP contribution in [0.15, 0.2) is 12.2 Å². The molecule has 2 heteroatoms. The molecule has 0 heterocycles. The van der Waals surface area contributed by atoms with Gasteiger partial charge in [0.15, 0.2) is 0 Å². The fraction of sp³-hybridized carbons (Fsp3) is 0.600. The van der Waals surface area contributed by atoms with Gasteiger partial charge in [0.1, 0.15) is 11.6 Å². The quantitative estimate of drug-likeness (QED) is 0.516. The maximum atomic E-state index is 11.1. The number of Topliss-reactive ketones (excluding diaryl/α,β-unsaturated/α-hetero) is 2. The number of ketones is 2. The van der Waals surface area contributed by atoms with Gasteiger partial charge in [-0.15, -0.1) is 0 Å². The van der Waals surface area contributed by atoms with E-state index in [2.05, 4.69) is 0 Å². The fourth-order valence-corrected chi connectivity index (χ4v) is 1.26. The molecule has 0 radical (unpaired) electrons. The molecule has 1 aliphatic carbocycles. The Hall–Kier alpha value is -0.920. The van der Waals surface area contributed by atoms with Crippen molar-refractivity contribution in [2.45, 2.75) is 38.5 Å². The van der Waals surface area contributed by atoms with Crippen LogP contribution in [0.3, 0.4) is 0 Å². The van der Waals surface area contributed by atoms with Gasteiger partial charge in [-0.2, -0.15) is 0 Å². The van der Waals surface area contributed by atoms with E-state index in [0.29, 0.717) is 25.7 Å². The van der Waals surface area contributed by atoms with Gasteiger partial charge in [0.2, 0.25) is 0 Å². The lowest BCUT2D eigenvalue weighted by molar-refractivity contribution is -0.124. The van der Waals surface area contributed by atoms with E-state index in [-0.39, 0.29) is 11.6 Å². The van der Waals surface area contributed by atoms with Gasteiger partial charge >= 0.3 is 0 Å². The molecule has 0 bridgehead atoms. The molecule has 1 rings (SSSR count). The van der Waals surface area contributed by atoms with Crippen molar-refractivity contribution in [2.75, 3.05) is 0 Å². The van der Waals surface area contributed by atoms with Crippen molar-refractivity contribution in [3.05, 3.63) is 12.2 Å². The Balaban J connectivity index is 2.45. The number of hydrogen-bond donors (Lipinski definition) is 0. The highest BCUT2D eigenvalue weighted by Gasteiger charge is 2.06. The first-order valence-electron chi connectivity index (χ1n) is 4.47. The van der Waals surface area contributed by atoms with Gasteiger partial charge in [0.25, 0.3) is 0 Å². The molecule has 0 atom stereocenters. The molecule has 66 valence electrons. The van der Waals surface area contributed by atoms with Gasteiger partial charge < -0.3 is 0 Å². The summed E-state index contributed by atoms with van der Waals surface area (Å²) in [5.41, 5.74) is 0. The van der Waals surface area contributed by atoms with Crippen molar-refractivity contribution >= 4 is 11.6 Å². The van der Waals surface area contributed by atoms with E-state index in [1.807, 2.05) is 12.2 Å². The highest BCUT2D eigenvalue weighted by Crippen LogP contribution is 2.07. The van der Waals surface area contributed by atoms with E-state index >= 15 is 0 Å². The Kier molecular flexibility index (Phi) is 3.71. The van der Waals surface area contributed by atoms with Crippen LogP contribution in [-0.2, 0) is 9.59 Å². The zero-order chi connectivity index (χ0) is 8.81. The predicted molar refractivity (Wildman–Crippen MR) is 46.9 cm³/mol. The summed E-state index contributed by atoms with van der Waals surface area (Å²) in [5.74, 6) is 0.417. The van der Waals surface area contributed by atoms with Crippen LogP contribution in [0.5, 0.6) is 0 Å². The molecule has 1 aliphatic rings. The molecule has 0 saturated carbocycles. The summed E-state index contributed by atoms with van der Waals surface area (Å²) in [7, 11) is 0. The first-order valence-corrected chi connectivity index (χ1v) is 4.47. The smallest absolute Gasteiger partial charge is 0.137 e. The van der Waals surface area contributed by atoms with Crippen LogP contribution in [0, 0.1) is 0 Å². The van der Waals surface area contributed by atoms with Gasteiger partial charge in [-0.05, 0) is 12.8 Å². The van der Waals surface area contributed by atoms with Crippen LogP contribution in [0.25, 0.3) is 0 Å². The summed E-state index contributed by atoms with van der Waals surface area (Å²) in [6, 6.07) is 0. The molecule has 0 saturated heterocycles. The summed E-state index contributed by atoms with van der Waals surface area (Å²) in [6.45, 7) is 0. The van der Waals surface area contributed by atoms with Crippen molar-refractivity contribution in [1.82, 2.24) is 0 Å². The van der Waals surface area contributed by atoms with Crippen LogP contribution in [0.2, 0.25) is 0 Å². The Morgan fingerprint density at radius 3 is 2.50 bits per heavy atom. The van der Waals surface area contributed by atoms with Gasteiger partial charge in [-0.3, -0.25) is 9.59 Å². The molecule has 0 fully saturated rings. The van der Waals surface area contributed by atoms with E-state index < -0.39 is 0 Å². The molecule has 0 unspecified atom stereocenters. The summed E-state index contributed by atoms with van der Waals surface area (Å²) in [4.78, 5) is 22.1. The Morgan fingerprint density at radius 1 is 0.917 bits per heavy atom. The normalized spacial score (nSPS) is 23.7. The van der Waals surface area contributed by atoms with Crippen LogP contribution in [0.4, 0.5) is 0 Å². The third kappa shape index (κ3) is 3.46. The molecule has 0 aliphatic heterocycles. The minimum Gasteiger partial charge on any atom is -0.300 e. The number of carbonyl (C=O) groups excluding carboxylic acids is 2. The minimum absolute atomic E-state index is 0.182. The summed E-state index contributed by atoms with van der Waals surface area (Å²) in [5, 5.41) is 0. The number of rotatable bonds is 0. The molecular weight excluding hydrogens is 152 g/mol. The average Bonchev–Trinajstić information content (AvgIpc) is 2.07. The highest BCUT2D eigenvalue weighted by atomic mass is 16.1. The van der Waals surface area contributed by atoms with E-state index in [4.69, 9.17) is 0 Å². The van der Waals surface area contributed by atoms with Crippen LogP contribution >= 0.6 is 0 Å². The average molecular weight is 166 g/mol. The van der Waals surface area contributed by atoms with Gasteiger partial charge in [0, 0.05) is 25.7 Å². The van der Waals surface area contributed by atoms with E-state index in [0.717, 1.165) is 12.8 Å². The molecule has 0 aromatic heterocycles. The van der Waals surface area contributed by atoms with Gasteiger partial charge in [0.05, 0.1) is 0 Å². The second-order valence-electron chi connectivity index (χ2n) is 3.15. The fourth-order valence-electron chi connectivity index (χ4n) is 1.26. The second kappa shape index (κ2) is 4.86. The summed E-state index contributed by atoms with van der Waals surface area (Å²) in [6.07, 6.45) is 7.80. The Bertz CT molecular complexity index is 204. The third-order valence-electron chi connectivity index (χ3n) is 2.02. The first kappa shape index (κ1) is 9.17. The Morgan fingerprint density at radius 2 is 1.67 bits per heavy atom. The van der Waals surface area contributed by atoms with Gasteiger partial charge in [-0.25, -0.2) is 0 Å².